The van der Waals surface area contributed by atoms with Gasteiger partial charge >= 0.3 is 18.1 Å². The van der Waals surface area contributed by atoms with E-state index in [4.69, 9.17) is 14.2 Å². The molecule has 5 aromatic rings. The summed E-state index contributed by atoms with van der Waals surface area (Å²) in [5, 5.41) is 9.92. The largest absolute Gasteiger partial charge is 0.457 e. The molecule has 47 heavy (non-hydrogen) atoms. The van der Waals surface area contributed by atoms with E-state index in [0.717, 1.165) is 0 Å². The Morgan fingerprint density at radius 3 is 2.13 bits per heavy atom. The van der Waals surface area contributed by atoms with E-state index >= 15 is 0 Å². The van der Waals surface area contributed by atoms with Crippen molar-refractivity contribution in [1.29, 1.82) is 0 Å². The molecule has 0 saturated carbocycles. The van der Waals surface area contributed by atoms with Crippen LogP contribution in [0.3, 0.4) is 0 Å². The lowest BCUT2D eigenvalue weighted by molar-refractivity contribution is -0.0988. The molecule has 242 valence electrons. The smallest absolute Gasteiger partial charge is 0.426 e. The highest BCUT2D eigenvalue weighted by Crippen LogP contribution is 2.30. The third kappa shape index (κ3) is 8.14. The fourth-order valence-electron chi connectivity index (χ4n) is 4.52. The molecular weight excluding hydrogens is 602 g/mol. The Hall–Kier alpha value is -5.66. The molecule has 0 bridgehead atoms. The van der Waals surface area contributed by atoms with Crippen molar-refractivity contribution in [2.75, 3.05) is 32.2 Å². The molecule has 1 amide bonds. The molecule has 0 radical (unpaired) electrons. The Kier molecular flexibility index (Phi) is 10.8. The van der Waals surface area contributed by atoms with Gasteiger partial charge in [0.2, 0.25) is 0 Å². The van der Waals surface area contributed by atoms with Gasteiger partial charge < -0.3 is 24.2 Å². The van der Waals surface area contributed by atoms with Crippen LogP contribution in [0.25, 0.3) is 11.2 Å². The monoisotopic (exact) mass is 637 g/mol. The number of fused-ring (bicyclic) bond motifs is 1. The molecule has 2 aromatic heterocycles. The number of carbonyl (C=O) groups excluding carboxylic acids is 2. The van der Waals surface area contributed by atoms with E-state index in [1.54, 1.807) is 73.6 Å². The van der Waals surface area contributed by atoms with Gasteiger partial charge in [0, 0.05) is 14.1 Å². The number of esters is 1. The number of aromatic nitrogens is 4. The number of amides is 1. The summed E-state index contributed by atoms with van der Waals surface area (Å²) in [5.74, 6) is -0.423. The standard InChI is InChI=1S/C34H35N7O6/c1-4-27(20-42)46-28(21-45-32(43)24-14-8-5-9-15-24)40-23-35-29-30(36-22-39(2)3)37-33(38-31(29)40)47-34(44)41(25-16-10-6-11-17-25)26-18-12-7-13-19-26/h5-19,22-23,27-28,42H,4,20-21H2,1-3H3/t27-,28-/m1/s1. The maximum atomic E-state index is 13.8. The van der Waals surface area contributed by atoms with Crippen molar-refractivity contribution in [3.63, 3.8) is 0 Å². The summed E-state index contributed by atoms with van der Waals surface area (Å²) >= 11 is 0. The first-order valence-electron chi connectivity index (χ1n) is 14.9. The number of benzene rings is 3. The lowest BCUT2D eigenvalue weighted by Gasteiger charge is -2.24. The van der Waals surface area contributed by atoms with Crippen molar-refractivity contribution >= 4 is 46.8 Å². The molecule has 2 heterocycles. The number of aliphatic hydroxyl groups excluding tert-OH is 1. The third-order valence-electron chi connectivity index (χ3n) is 6.87. The quantitative estimate of drug-likeness (QED) is 0.0994. The van der Waals surface area contributed by atoms with Crippen LogP contribution in [0, 0.1) is 0 Å². The second kappa shape index (κ2) is 15.6. The highest BCUT2D eigenvalue weighted by molar-refractivity contribution is 5.97. The first-order valence-corrected chi connectivity index (χ1v) is 14.9. The van der Waals surface area contributed by atoms with E-state index in [2.05, 4.69) is 19.9 Å². The Morgan fingerprint density at radius 1 is 0.936 bits per heavy atom. The van der Waals surface area contributed by atoms with Crippen LogP contribution in [0.2, 0.25) is 0 Å². The van der Waals surface area contributed by atoms with Gasteiger partial charge in [0.1, 0.15) is 6.61 Å². The Morgan fingerprint density at radius 2 is 1.55 bits per heavy atom. The highest BCUT2D eigenvalue weighted by Gasteiger charge is 2.26. The predicted octanol–water partition coefficient (Wildman–Crippen LogP) is 5.53. The van der Waals surface area contributed by atoms with Crippen LogP contribution < -0.4 is 9.64 Å². The molecular formula is C34H35N7O6. The van der Waals surface area contributed by atoms with Gasteiger partial charge in [-0.1, -0.05) is 61.5 Å². The number of anilines is 2. The van der Waals surface area contributed by atoms with Crippen LogP contribution >= 0.6 is 0 Å². The van der Waals surface area contributed by atoms with Crippen molar-refractivity contribution in [2.24, 2.45) is 4.99 Å². The van der Waals surface area contributed by atoms with Gasteiger partial charge in [0.15, 0.2) is 23.2 Å². The molecule has 0 saturated heterocycles. The van der Waals surface area contributed by atoms with Gasteiger partial charge in [-0.2, -0.15) is 9.97 Å². The first-order chi connectivity index (χ1) is 22.9. The summed E-state index contributed by atoms with van der Waals surface area (Å²) in [6.45, 7) is 1.36. The Balaban J connectivity index is 1.54. The second-order valence-electron chi connectivity index (χ2n) is 10.5. The molecule has 2 atom stereocenters. The zero-order chi connectivity index (χ0) is 33.2. The minimum absolute atomic E-state index is 0.130. The van der Waals surface area contributed by atoms with Crippen molar-refractivity contribution < 1.29 is 28.9 Å². The van der Waals surface area contributed by atoms with E-state index in [9.17, 15) is 14.7 Å². The van der Waals surface area contributed by atoms with Crippen molar-refractivity contribution in [1.82, 2.24) is 24.4 Å². The van der Waals surface area contributed by atoms with Gasteiger partial charge in [0.05, 0.1) is 42.3 Å². The molecule has 0 fully saturated rings. The molecule has 13 nitrogen and oxygen atoms in total. The number of ether oxygens (including phenoxy) is 3. The fraction of sp³-hybridized carbons (Fsp3) is 0.235. The van der Waals surface area contributed by atoms with E-state index in [-0.39, 0.29) is 36.2 Å². The molecule has 3 aromatic carbocycles. The lowest BCUT2D eigenvalue weighted by atomic mass is 10.2. The summed E-state index contributed by atoms with van der Waals surface area (Å²) in [6, 6.07) is 26.3. The maximum absolute atomic E-state index is 13.8. The number of nitrogens with zero attached hydrogens (tertiary/aromatic N) is 7. The van der Waals surface area contributed by atoms with Crippen molar-refractivity contribution in [3.05, 3.63) is 103 Å². The minimum Gasteiger partial charge on any atom is -0.457 e. The van der Waals surface area contributed by atoms with Crippen LogP contribution in [-0.2, 0) is 9.47 Å². The number of para-hydroxylation sites is 2. The average Bonchev–Trinajstić information content (AvgIpc) is 3.52. The normalized spacial score (nSPS) is 12.5. The fourth-order valence-corrected chi connectivity index (χ4v) is 4.52. The molecule has 0 aliphatic heterocycles. The summed E-state index contributed by atoms with van der Waals surface area (Å²) in [6.07, 6.45) is 1.16. The number of carbonyl (C=O) groups is 2. The van der Waals surface area contributed by atoms with Crippen LogP contribution in [0.4, 0.5) is 22.0 Å². The summed E-state index contributed by atoms with van der Waals surface area (Å²) in [4.78, 5) is 47.6. The summed E-state index contributed by atoms with van der Waals surface area (Å²) in [7, 11) is 3.59. The van der Waals surface area contributed by atoms with E-state index in [0.29, 0.717) is 23.4 Å². The van der Waals surface area contributed by atoms with Gasteiger partial charge in [-0.05, 0) is 42.8 Å². The number of aliphatic imine (C=N–C) groups is 1. The topological polar surface area (TPSA) is 144 Å². The van der Waals surface area contributed by atoms with Crippen LogP contribution in [-0.4, -0.2) is 81.3 Å². The lowest BCUT2D eigenvalue weighted by Crippen LogP contribution is -2.30. The number of aliphatic hydroxyl groups is 1. The van der Waals surface area contributed by atoms with Crippen LogP contribution in [0.15, 0.2) is 102 Å². The predicted molar refractivity (Wildman–Crippen MR) is 176 cm³/mol. The number of hydrogen-bond acceptors (Lipinski definition) is 10. The highest BCUT2D eigenvalue weighted by atomic mass is 16.6. The van der Waals surface area contributed by atoms with Crippen LogP contribution in [0.1, 0.15) is 29.9 Å². The average molecular weight is 638 g/mol. The van der Waals surface area contributed by atoms with Crippen LogP contribution in [0.5, 0.6) is 6.01 Å². The van der Waals surface area contributed by atoms with Gasteiger partial charge in [-0.3, -0.25) is 4.57 Å². The third-order valence-corrected chi connectivity index (χ3v) is 6.87. The first kappa shape index (κ1) is 32.7. The Labute approximate surface area is 271 Å². The van der Waals surface area contributed by atoms with Crippen molar-refractivity contribution in [2.45, 2.75) is 25.7 Å². The molecule has 0 unspecified atom stereocenters. The molecule has 5 rings (SSSR count). The maximum Gasteiger partial charge on any atom is 0.426 e. The molecule has 0 spiro atoms. The number of rotatable bonds is 13. The van der Waals surface area contributed by atoms with Gasteiger partial charge in [-0.25, -0.2) is 24.5 Å². The minimum atomic E-state index is -0.959. The summed E-state index contributed by atoms with van der Waals surface area (Å²) < 4.78 is 19.1. The molecule has 0 aliphatic rings. The number of hydrogen-bond donors (Lipinski definition) is 1. The van der Waals surface area contributed by atoms with Gasteiger partial charge in [-0.15, -0.1) is 0 Å². The zero-order valence-corrected chi connectivity index (χ0v) is 26.2. The number of imidazole rings is 1. The van der Waals surface area contributed by atoms with Gasteiger partial charge in [0.25, 0.3) is 0 Å². The molecule has 0 aliphatic carbocycles. The molecule has 1 N–H and O–H groups in total. The van der Waals surface area contributed by atoms with E-state index < -0.39 is 24.4 Å². The Bertz CT molecular complexity index is 1760. The van der Waals surface area contributed by atoms with E-state index in [1.807, 2.05) is 43.3 Å². The van der Waals surface area contributed by atoms with Crippen molar-refractivity contribution in [3.8, 4) is 6.01 Å². The summed E-state index contributed by atoms with van der Waals surface area (Å²) in [5.41, 5.74) is 2.00. The molecule has 13 heteroatoms. The van der Waals surface area contributed by atoms with E-state index in [1.165, 1.54) is 22.1 Å². The SMILES string of the molecule is CC[C@H](CO)O[C@H](COC(=O)c1ccccc1)n1cnc2c(N=CN(C)C)nc(OC(=O)N(c3ccccc3)c3ccccc3)nc21. The second-order valence-corrected chi connectivity index (χ2v) is 10.5. The zero-order valence-electron chi connectivity index (χ0n) is 26.2.